The van der Waals surface area contributed by atoms with E-state index in [0.717, 1.165) is 10.5 Å². The first-order valence-corrected chi connectivity index (χ1v) is 9.89. The molecule has 2 unspecified atom stereocenters. The Morgan fingerprint density at radius 2 is 1.62 bits per heavy atom. The fourth-order valence-electron chi connectivity index (χ4n) is 2.08. The average molecular weight is 217 g/mol. The molecule has 1 saturated heterocycles. The van der Waals surface area contributed by atoms with Crippen LogP contribution in [0.5, 0.6) is 0 Å². The molecule has 0 N–H and O–H groups in total. The summed E-state index contributed by atoms with van der Waals surface area (Å²) < 4.78 is 0. The van der Waals surface area contributed by atoms with Crippen LogP contribution in [0.3, 0.4) is 0 Å². The SMILES string of the molecule is CC1CN(C[Si](C)(C)C)CC(C)S1. The largest absolute Gasteiger partial charge is 0.304 e. The van der Waals surface area contributed by atoms with Gasteiger partial charge in [0.25, 0.3) is 0 Å². The molecule has 0 aromatic carbocycles. The Bertz CT molecular complexity index is 157. The van der Waals surface area contributed by atoms with Crippen LogP contribution in [0.25, 0.3) is 0 Å². The van der Waals surface area contributed by atoms with E-state index in [4.69, 9.17) is 0 Å². The van der Waals surface area contributed by atoms with E-state index in [-0.39, 0.29) is 0 Å². The van der Waals surface area contributed by atoms with E-state index in [1.54, 1.807) is 0 Å². The summed E-state index contributed by atoms with van der Waals surface area (Å²) in [5, 5.41) is 1.67. The van der Waals surface area contributed by atoms with Crippen LogP contribution in [0.15, 0.2) is 0 Å². The second-order valence-corrected chi connectivity index (χ2v) is 12.8. The van der Waals surface area contributed by atoms with Gasteiger partial charge in [0.05, 0.1) is 8.07 Å². The summed E-state index contributed by atoms with van der Waals surface area (Å²) in [4.78, 5) is 2.68. The van der Waals surface area contributed by atoms with Crippen LogP contribution in [0, 0.1) is 0 Å². The number of rotatable bonds is 2. The molecule has 0 amide bonds. The zero-order valence-electron chi connectivity index (χ0n) is 9.63. The van der Waals surface area contributed by atoms with Gasteiger partial charge in [-0.3, -0.25) is 0 Å². The molecule has 1 aliphatic heterocycles. The van der Waals surface area contributed by atoms with Crippen molar-refractivity contribution in [3.63, 3.8) is 0 Å². The van der Waals surface area contributed by atoms with Crippen molar-refractivity contribution in [1.29, 1.82) is 0 Å². The lowest BCUT2D eigenvalue weighted by Gasteiger charge is -2.37. The third-order valence-electron chi connectivity index (χ3n) is 2.19. The zero-order valence-corrected chi connectivity index (χ0v) is 11.4. The standard InChI is InChI=1S/C10H23NSSi/c1-9-6-11(7-10(2)12-9)8-13(3,4)5/h9-10H,6-8H2,1-5H3. The fraction of sp³-hybridized carbons (Fsp3) is 1.00. The quantitative estimate of drug-likeness (QED) is 0.654. The van der Waals surface area contributed by atoms with Crippen LogP contribution >= 0.6 is 11.8 Å². The Kier molecular flexibility index (Phi) is 3.90. The highest BCUT2D eigenvalue weighted by atomic mass is 32.2. The normalized spacial score (nSPS) is 32.1. The minimum absolute atomic E-state index is 0.833. The van der Waals surface area contributed by atoms with Gasteiger partial charge < -0.3 is 4.90 Å². The summed E-state index contributed by atoms with van der Waals surface area (Å²) in [6.07, 6.45) is 1.38. The molecular weight excluding hydrogens is 194 g/mol. The molecule has 0 aromatic rings. The smallest absolute Gasteiger partial charge is 0.0599 e. The first-order valence-electron chi connectivity index (χ1n) is 5.24. The minimum Gasteiger partial charge on any atom is -0.304 e. The Morgan fingerprint density at radius 1 is 1.15 bits per heavy atom. The monoisotopic (exact) mass is 217 g/mol. The molecule has 1 nitrogen and oxygen atoms in total. The first kappa shape index (κ1) is 11.6. The predicted octanol–water partition coefficient (Wildman–Crippen LogP) is 2.69. The lowest BCUT2D eigenvalue weighted by atomic mass is 10.3. The Hall–Kier alpha value is 0.527. The van der Waals surface area contributed by atoms with Crippen molar-refractivity contribution in [2.45, 2.75) is 44.0 Å². The van der Waals surface area contributed by atoms with E-state index < -0.39 is 8.07 Å². The Balaban J connectivity index is 2.42. The lowest BCUT2D eigenvalue weighted by Crippen LogP contribution is -2.47. The molecule has 1 heterocycles. The van der Waals surface area contributed by atoms with Crippen LogP contribution in [0.4, 0.5) is 0 Å². The maximum absolute atomic E-state index is 2.68. The van der Waals surface area contributed by atoms with E-state index >= 15 is 0 Å². The molecule has 0 aromatic heterocycles. The molecule has 0 radical (unpaired) electrons. The van der Waals surface area contributed by atoms with E-state index in [2.05, 4.69) is 50.2 Å². The predicted molar refractivity (Wildman–Crippen MR) is 66.3 cm³/mol. The third-order valence-corrected chi connectivity index (χ3v) is 4.82. The van der Waals surface area contributed by atoms with Gasteiger partial charge >= 0.3 is 0 Å². The molecule has 1 fully saturated rings. The van der Waals surface area contributed by atoms with Gasteiger partial charge in [-0.2, -0.15) is 11.8 Å². The maximum Gasteiger partial charge on any atom is 0.0599 e. The van der Waals surface area contributed by atoms with Crippen LogP contribution in [-0.4, -0.2) is 42.7 Å². The molecule has 0 aliphatic carbocycles. The van der Waals surface area contributed by atoms with Gasteiger partial charge in [-0.05, 0) is 6.17 Å². The summed E-state index contributed by atoms with van der Waals surface area (Å²) in [5.74, 6) is 0. The highest BCUT2D eigenvalue weighted by Crippen LogP contribution is 2.25. The van der Waals surface area contributed by atoms with Gasteiger partial charge in [0, 0.05) is 23.6 Å². The summed E-state index contributed by atoms with van der Waals surface area (Å²) >= 11 is 2.14. The molecule has 1 aliphatic rings. The van der Waals surface area contributed by atoms with Crippen molar-refractivity contribution >= 4 is 19.8 Å². The van der Waals surface area contributed by atoms with Crippen molar-refractivity contribution in [2.75, 3.05) is 19.3 Å². The van der Waals surface area contributed by atoms with E-state index in [1.807, 2.05) is 0 Å². The molecule has 0 saturated carbocycles. The lowest BCUT2D eigenvalue weighted by molar-refractivity contribution is 0.309. The van der Waals surface area contributed by atoms with Gasteiger partial charge in [-0.25, -0.2) is 0 Å². The average Bonchev–Trinajstić information content (AvgIpc) is 1.78. The molecule has 2 atom stereocenters. The summed E-state index contributed by atoms with van der Waals surface area (Å²) in [7, 11) is -0.887. The van der Waals surface area contributed by atoms with Gasteiger partial charge in [0.15, 0.2) is 0 Å². The summed E-state index contributed by atoms with van der Waals surface area (Å²) in [6.45, 7) is 14.7. The van der Waals surface area contributed by atoms with E-state index in [0.29, 0.717) is 0 Å². The van der Waals surface area contributed by atoms with Gasteiger partial charge in [-0.15, -0.1) is 0 Å². The van der Waals surface area contributed by atoms with Gasteiger partial charge in [0.1, 0.15) is 0 Å². The van der Waals surface area contributed by atoms with Crippen molar-refractivity contribution in [3.8, 4) is 0 Å². The molecule has 0 spiro atoms. The van der Waals surface area contributed by atoms with Crippen LogP contribution in [-0.2, 0) is 0 Å². The topological polar surface area (TPSA) is 3.24 Å². The van der Waals surface area contributed by atoms with Crippen molar-refractivity contribution in [1.82, 2.24) is 4.90 Å². The summed E-state index contributed by atoms with van der Waals surface area (Å²) in [5.41, 5.74) is 0. The number of nitrogens with zero attached hydrogens (tertiary/aromatic N) is 1. The molecule has 1 rings (SSSR count). The molecule has 13 heavy (non-hydrogen) atoms. The zero-order chi connectivity index (χ0) is 10.1. The Labute approximate surface area is 88.3 Å². The van der Waals surface area contributed by atoms with Crippen LogP contribution in [0.1, 0.15) is 13.8 Å². The van der Waals surface area contributed by atoms with Crippen LogP contribution in [0.2, 0.25) is 19.6 Å². The molecule has 78 valence electrons. The van der Waals surface area contributed by atoms with Gasteiger partial charge in [0.2, 0.25) is 0 Å². The number of thioether (sulfide) groups is 1. The molecule has 3 heteroatoms. The first-order chi connectivity index (χ1) is 5.87. The summed E-state index contributed by atoms with van der Waals surface area (Å²) in [6, 6.07) is 0. The fourth-order valence-corrected chi connectivity index (χ4v) is 5.07. The van der Waals surface area contributed by atoms with Crippen LogP contribution < -0.4 is 0 Å². The second kappa shape index (κ2) is 4.37. The number of hydrogen-bond acceptors (Lipinski definition) is 2. The minimum atomic E-state index is -0.887. The highest BCUT2D eigenvalue weighted by Gasteiger charge is 2.26. The molecular formula is C10H23NSSi. The third kappa shape index (κ3) is 4.52. The van der Waals surface area contributed by atoms with Crippen molar-refractivity contribution in [2.24, 2.45) is 0 Å². The van der Waals surface area contributed by atoms with Gasteiger partial charge in [-0.1, -0.05) is 33.5 Å². The highest BCUT2D eigenvalue weighted by molar-refractivity contribution is 8.00. The van der Waals surface area contributed by atoms with Crippen molar-refractivity contribution in [3.05, 3.63) is 0 Å². The molecule has 0 bridgehead atoms. The second-order valence-electron chi connectivity index (χ2n) is 5.51. The Morgan fingerprint density at radius 3 is 2.00 bits per heavy atom. The number of hydrogen-bond donors (Lipinski definition) is 0. The maximum atomic E-state index is 2.68. The van der Waals surface area contributed by atoms with E-state index in [9.17, 15) is 0 Å². The van der Waals surface area contributed by atoms with E-state index in [1.165, 1.54) is 19.3 Å². The van der Waals surface area contributed by atoms with Crippen molar-refractivity contribution < 1.29 is 0 Å².